The SMILES string of the molecule is CC=O.CNc1ccc2ccccc2c1. The number of carbonyl (C=O) groups excluding carboxylic acids is 1. The Morgan fingerprint density at radius 1 is 1.07 bits per heavy atom. The highest BCUT2D eigenvalue weighted by molar-refractivity contribution is 5.85. The van der Waals surface area contributed by atoms with Crippen molar-refractivity contribution in [3.63, 3.8) is 0 Å². The molecule has 0 unspecified atom stereocenters. The van der Waals surface area contributed by atoms with Crippen LogP contribution in [0.15, 0.2) is 42.5 Å². The van der Waals surface area contributed by atoms with E-state index in [1.165, 1.54) is 17.7 Å². The summed E-state index contributed by atoms with van der Waals surface area (Å²) >= 11 is 0. The monoisotopic (exact) mass is 201 g/mol. The smallest absolute Gasteiger partial charge is 0.116 e. The van der Waals surface area contributed by atoms with Crippen molar-refractivity contribution in [3.05, 3.63) is 42.5 Å². The van der Waals surface area contributed by atoms with Gasteiger partial charge in [-0.25, -0.2) is 0 Å². The van der Waals surface area contributed by atoms with Crippen molar-refractivity contribution in [2.75, 3.05) is 12.4 Å². The summed E-state index contributed by atoms with van der Waals surface area (Å²) in [6.45, 7) is 1.44. The molecule has 0 aromatic heterocycles. The van der Waals surface area contributed by atoms with Crippen molar-refractivity contribution in [2.24, 2.45) is 0 Å². The first-order valence-electron chi connectivity index (χ1n) is 4.88. The molecule has 0 aliphatic rings. The molecule has 2 rings (SSSR count). The summed E-state index contributed by atoms with van der Waals surface area (Å²) in [5.41, 5.74) is 1.16. The number of aldehydes is 1. The molecule has 0 saturated heterocycles. The number of anilines is 1. The summed E-state index contributed by atoms with van der Waals surface area (Å²) in [6, 6.07) is 14.7. The molecule has 0 saturated carbocycles. The van der Waals surface area contributed by atoms with E-state index in [0.717, 1.165) is 12.0 Å². The third-order valence-corrected chi connectivity index (χ3v) is 2.04. The molecule has 78 valence electrons. The average Bonchev–Trinajstić information content (AvgIpc) is 2.29. The summed E-state index contributed by atoms with van der Waals surface area (Å²) in [6.07, 6.45) is 0.750. The van der Waals surface area contributed by atoms with E-state index in [-0.39, 0.29) is 0 Å². The summed E-state index contributed by atoms with van der Waals surface area (Å²) in [5, 5.41) is 5.69. The van der Waals surface area contributed by atoms with Gasteiger partial charge in [-0.05, 0) is 29.8 Å². The Morgan fingerprint density at radius 2 is 1.67 bits per heavy atom. The van der Waals surface area contributed by atoms with Gasteiger partial charge in [-0.2, -0.15) is 0 Å². The number of carbonyl (C=O) groups is 1. The topological polar surface area (TPSA) is 29.1 Å². The van der Waals surface area contributed by atoms with Crippen molar-refractivity contribution < 1.29 is 4.79 Å². The van der Waals surface area contributed by atoms with E-state index in [1.54, 1.807) is 0 Å². The maximum Gasteiger partial charge on any atom is 0.116 e. The Hall–Kier alpha value is -1.83. The quantitative estimate of drug-likeness (QED) is 0.718. The van der Waals surface area contributed by atoms with Gasteiger partial charge < -0.3 is 10.1 Å². The van der Waals surface area contributed by atoms with Gasteiger partial charge in [-0.1, -0.05) is 30.3 Å². The van der Waals surface area contributed by atoms with Gasteiger partial charge in [-0.3, -0.25) is 0 Å². The molecule has 0 spiro atoms. The van der Waals surface area contributed by atoms with Crippen molar-refractivity contribution >= 4 is 22.7 Å². The van der Waals surface area contributed by atoms with E-state index < -0.39 is 0 Å². The van der Waals surface area contributed by atoms with Crippen LogP contribution in [0.4, 0.5) is 5.69 Å². The van der Waals surface area contributed by atoms with Gasteiger partial charge in [0.05, 0.1) is 0 Å². The van der Waals surface area contributed by atoms with Gasteiger partial charge in [0.25, 0.3) is 0 Å². The first kappa shape index (κ1) is 11.2. The average molecular weight is 201 g/mol. The van der Waals surface area contributed by atoms with Gasteiger partial charge in [-0.15, -0.1) is 0 Å². The molecule has 2 aromatic carbocycles. The van der Waals surface area contributed by atoms with E-state index in [4.69, 9.17) is 4.79 Å². The lowest BCUT2D eigenvalue weighted by Crippen LogP contribution is -1.86. The Morgan fingerprint density at radius 3 is 2.27 bits per heavy atom. The lowest BCUT2D eigenvalue weighted by molar-refractivity contribution is -0.106. The predicted molar refractivity (Wildman–Crippen MR) is 65.2 cm³/mol. The van der Waals surface area contributed by atoms with Crippen molar-refractivity contribution in [3.8, 4) is 0 Å². The van der Waals surface area contributed by atoms with Crippen molar-refractivity contribution in [2.45, 2.75) is 6.92 Å². The zero-order valence-electron chi connectivity index (χ0n) is 9.03. The van der Waals surface area contributed by atoms with Crippen molar-refractivity contribution in [1.82, 2.24) is 0 Å². The molecule has 0 bridgehead atoms. The first-order valence-corrected chi connectivity index (χ1v) is 4.88. The largest absolute Gasteiger partial charge is 0.388 e. The molecule has 2 aromatic rings. The van der Waals surface area contributed by atoms with E-state index in [0.29, 0.717) is 0 Å². The Kier molecular flexibility index (Phi) is 4.35. The van der Waals surface area contributed by atoms with Crippen LogP contribution in [-0.4, -0.2) is 13.3 Å². The van der Waals surface area contributed by atoms with Crippen LogP contribution >= 0.6 is 0 Å². The van der Waals surface area contributed by atoms with Gasteiger partial charge in [0.1, 0.15) is 6.29 Å². The standard InChI is InChI=1S/C11H11N.C2H4O/c1-12-11-7-6-9-4-2-3-5-10(9)8-11;1-2-3/h2-8,12H,1H3;2H,1H3. The minimum absolute atomic E-state index is 0.750. The van der Waals surface area contributed by atoms with Gasteiger partial charge in [0.15, 0.2) is 0 Å². The molecule has 1 N–H and O–H groups in total. The van der Waals surface area contributed by atoms with Crippen LogP contribution in [0.25, 0.3) is 10.8 Å². The summed E-state index contributed by atoms with van der Waals surface area (Å²) in [7, 11) is 1.93. The number of fused-ring (bicyclic) bond motifs is 1. The molecule has 0 atom stereocenters. The van der Waals surface area contributed by atoms with Crippen LogP contribution in [0.5, 0.6) is 0 Å². The van der Waals surface area contributed by atoms with Crippen LogP contribution in [0.3, 0.4) is 0 Å². The lowest BCUT2D eigenvalue weighted by atomic mass is 10.1. The minimum atomic E-state index is 0.750. The molecular formula is C13H15NO. The zero-order valence-corrected chi connectivity index (χ0v) is 9.03. The second-order valence-corrected chi connectivity index (χ2v) is 3.05. The number of hydrogen-bond donors (Lipinski definition) is 1. The van der Waals surface area contributed by atoms with Crippen LogP contribution < -0.4 is 5.32 Å². The number of nitrogens with one attached hydrogen (secondary N) is 1. The molecule has 0 fully saturated rings. The minimum Gasteiger partial charge on any atom is -0.388 e. The maximum absolute atomic E-state index is 8.81. The zero-order chi connectivity index (χ0) is 11.1. The molecule has 0 radical (unpaired) electrons. The van der Waals surface area contributed by atoms with Crippen LogP contribution in [-0.2, 0) is 4.79 Å². The number of rotatable bonds is 1. The van der Waals surface area contributed by atoms with E-state index in [1.807, 2.05) is 7.05 Å². The fraction of sp³-hybridized carbons (Fsp3) is 0.154. The molecule has 0 heterocycles. The molecule has 2 nitrogen and oxygen atoms in total. The van der Waals surface area contributed by atoms with Gasteiger partial charge in [0, 0.05) is 12.7 Å². The molecule has 0 aliphatic heterocycles. The fourth-order valence-corrected chi connectivity index (χ4v) is 1.34. The van der Waals surface area contributed by atoms with E-state index in [9.17, 15) is 0 Å². The number of hydrogen-bond acceptors (Lipinski definition) is 2. The summed E-state index contributed by atoms with van der Waals surface area (Å²) in [5.74, 6) is 0. The van der Waals surface area contributed by atoms with E-state index >= 15 is 0 Å². The third-order valence-electron chi connectivity index (χ3n) is 2.04. The second-order valence-electron chi connectivity index (χ2n) is 3.05. The Labute approximate surface area is 89.9 Å². The molecule has 2 heteroatoms. The van der Waals surface area contributed by atoms with Gasteiger partial charge in [0.2, 0.25) is 0 Å². The highest BCUT2D eigenvalue weighted by Gasteiger charge is 1.91. The number of benzene rings is 2. The summed E-state index contributed by atoms with van der Waals surface area (Å²) < 4.78 is 0. The van der Waals surface area contributed by atoms with Crippen LogP contribution in [0, 0.1) is 0 Å². The Bertz CT molecular complexity index is 437. The summed E-state index contributed by atoms with van der Waals surface area (Å²) in [4.78, 5) is 8.81. The molecule has 15 heavy (non-hydrogen) atoms. The van der Waals surface area contributed by atoms with Crippen molar-refractivity contribution in [1.29, 1.82) is 0 Å². The van der Waals surface area contributed by atoms with Gasteiger partial charge >= 0.3 is 0 Å². The highest BCUT2D eigenvalue weighted by Crippen LogP contribution is 2.17. The second kappa shape index (κ2) is 5.81. The van der Waals surface area contributed by atoms with Crippen LogP contribution in [0.2, 0.25) is 0 Å². The van der Waals surface area contributed by atoms with E-state index in [2.05, 4.69) is 47.8 Å². The maximum atomic E-state index is 8.81. The lowest BCUT2D eigenvalue weighted by Gasteiger charge is -2.01. The third kappa shape index (κ3) is 3.09. The molecular weight excluding hydrogens is 186 g/mol. The highest BCUT2D eigenvalue weighted by atomic mass is 16.1. The normalized spacial score (nSPS) is 8.93. The fourth-order valence-electron chi connectivity index (χ4n) is 1.34. The molecule has 0 aliphatic carbocycles. The van der Waals surface area contributed by atoms with Crippen LogP contribution in [0.1, 0.15) is 6.92 Å². The predicted octanol–water partition coefficient (Wildman–Crippen LogP) is 3.09. The Balaban J connectivity index is 0.000000337. The molecule has 0 amide bonds. The first-order chi connectivity index (χ1) is 7.31.